The zero-order valence-corrected chi connectivity index (χ0v) is 10.7. The number of aliphatic hydroxyl groups is 1. The lowest BCUT2D eigenvalue weighted by Crippen LogP contribution is -2.36. The van der Waals surface area contributed by atoms with Gasteiger partial charge in [-0.15, -0.1) is 0 Å². The van der Waals surface area contributed by atoms with Crippen LogP contribution < -0.4 is 0 Å². The predicted molar refractivity (Wildman–Crippen MR) is 65.1 cm³/mol. The van der Waals surface area contributed by atoms with Crippen molar-refractivity contribution >= 4 is 5.97 Å². The van der Waals surface area contributed by atoms with Gasteiger partial charge in [0, 0.05) is 31.7 Å². The molecule has 1 fully saturated rings. The highest BCUT2D eigenvalue weighted by molar-refractivity contribution is 5.74. The molecule has 2 atom stereocenters. The van der Waals surface area contributed by atoms with Crippen LogP contribution in [0.5, 0.6) is 0 Å². The van der Waals surface area contributed by atoms with E-state index in [1.165, 1.54) is 0 Å². The summed E-state index contributed by atoms with van der Waals surface area (Å²) >= 11 is 0. The van der Waals surface area contributed by atoms with Gasteiger partial charge in [-0.05, 0) is 13.8 Å². The second kappa shape index (κ2) is 5.07. The molecule has 0 amide bonds. The van der Waals surface area contributed by atoms with Crippen molar-refractivity contribution in [2.24, 2.45) is 0 Å². The molecule has 0 radical (unpaired) electrons. The zero-order chi connectivity index (χ0) is 13.3. The van der Waals surface area contributed by atoms with Gasteiger partial charge in [0.2, 0.25) is 0 Å². The van der Waals surface area contributed by atoms with Crippen molar-refractivity contribution in [3.05, 3.63) is 18.2 Å². The van der Waals surface area contributed by atoms with Crippen LogP contribution in [0.1, 0.15) is 32.0 Å². The van der Waals surface area contributed by atoms with E-state index in [9.17, 15) is 9.90 Å². The molecule has 6 heteroatoms. The van der Waals surface area contributed by atoms with Crippen LogP contribution in [0.15, 0.2) is 12.5 Å². The van der Waals surface area contributed by atoms with E-state index in [0.29, 0.717) is 25.6 Å². The van der Waals surface area contributed by atoms with Crippen LogP contribution in [-0.2, 0) is 11.3 Å². The number of imidazole rings is 1. The summed E-state index contributed by atoms with van der Waals surface area (Å²) in [6, 6.07) is -0.311. The number of carboxylic acid groups (broad SMARTS) is 1. The molecule has 2 unspecified atom stereocenters. The highest BCUT2D eigenvalue weighted by Crippen LogP contribution is 2.21. The summed E-state index contributed by atoms with van der Waals surface area (Å²) in [5, 5.41) is 18.7. The first-order chi connectivity index (χ1) is 8.49. The smallest absolute Gasteiger partial charge is 0.321 e. The number of aliphatic carboxylic acids is 1. The molecule has 1 aliphatic rings. The highest BCUT2D eigenvalue weighted by atomic mass is 16.4. The average molecular weight is 253 g/mol. The van der Waals surface area contributed by atoms with Crippen molar-refractivity contribution in [1.29, 1.82) is 0 Å². The van der Waals surface area contributed by atoms with Gasteiger partial charge >= 0.3 is 5.97 Å². The molecular formula is C12H19N3O3. The highest BCUT2D eigenvalue weighted by Gasteiger charge is 2.36. The molecule has 1 aromatic rings. The summed E-state index contributed by atoms with van der Waals surface area (Å²) in [5.41, 5.74) is 0.977. The van der Waals surface area contributed by atoms with E-state index in [0.717, 1.165) is 5.69 Å². The van der Waals surface area contributed by atoms with E-state index in [1.54, 1.807) is 17.4 Å². The van der Waals surface area contributed by atoms with Gasteiger partial charge in [-0.2, -0.15) is 0 Å². The van der Waals surface area contributed by atoms with Gasteiger partial charge in [0.05, 0.1) is 18.1 Å². The Bertz CT molecular complexity index is 430. The van der Waals surface area contributed by atoms with Gasteiger partial charge in [0.25, 0.3) is 0 Å². The standard InChI is InChI=1S/C12H19N3O3/c1-8(2)15-7-13-4-9(15)5-14-6-10(16)3-11(14)12(17)18/h4,7-8,10-11,16H,3,5-6H2,1-2H3,(H,17,18). The third-order valence-electron chi connectivity index (χ3n) is 3.33. The number of carboxylic acids is 1. The maximum atomic E-state index is 11.1. The monoisotopic (exact) mass is 253 g/mol. The fourth-order valence-corrected chi connectivity index (χ4v) is 2.44. The molecule has 1 aromatic heterocycles. The second-order valence-corrected chi connectivity index (χ2v) is 5.06. The van der Waals surface area contributed by atoms with Crippen molar-refractivity contribution in [2.75, 3.05) is 6.54 Å². The van der Waals surface area contributed by atoms with Crippen LogP contribution in [0.25, 0.3) is 0 Å². The molecule has 18 heavy (non-hydrogen) atoms. The molecule has 0 spiro atoms. The number of nitrogens with zero attached hydrogens (tertiary/aromatic N) is 3. The van der Waals surface area contributed by atoms with Gasteiger partial charge < -0.3 is 14.8 Å². The minimum atomic E-state index is -0.873. The van der Waals surface area contributed by atoms with E-state index in [4.69, 9.17) is 5.11 Å². The Morgan fingerprint density at radius 2 is 2.33 bits per heavy atom. The minimum absolute atomic E-state index is 0.290. The number of aliphatic hydroxyl groups excluding tert-OH is 1. The molecule has 0 aliphatic carbocycles. The molecule has 100 valence electrons. The largest absolute Gasteiger partial charge is 0.480 e. The molecule has 1 aliphatic heterocycles. The fourth-order valence-electron chi connectivity index (χ4n) is 2.44. The Balaban J connectivity index is 2.12. The lowest BCUT2D eigenvalue weighted by atomic mass is 10.2. The molecule has 2 heterocycles. The first kappa shape index (κ1) is 13.0. The first-order valence-corrected chi connectivity index (χ1v) is 6.14. The Kier molecular flexibility index (Phi) is 3.68. The summed E-state index contributed by atoms with van der Waals surface area (Å²) in [6.45, 7) is 5.02. The molecule has 1 saturated heterocycles. The van der Waals surface area contributed by atoms with Crippen molar-refractivity contribution in [1.82, 2.24) is 14.5 Å². The number of likely N-dealkylation sites (tertiary alicyclic amines) is 1. The van der Waals surface area contributed by atoms with Crippen LogP contribution in [0.3, 0.4) is 0 Å². The number of hydrogen-bond donors (Lipinski definition) is 2. The number of β-amino-alcohol motifs (C(OH)–C–C–N with tert-alkyl or cyclic N) is 1. The van der Waals surface area contributed by atoms with E-state index >= 15 is 0 Å². The summed E-state index contributed by atoms with van der Waals surface area (Å²) in [4.78, 5) is 17.0. The third-order valence-corrected chi connectivity index (χ3v) is 3.33. The summed E-state index contributed by atoms with van der Waals surface area (Å²) in [7, 11) is 0. The molecule has 2 rings (SSSR count). The van der Waals surface area contributed by atoms with Crippen LogP contribution in [0.2, 0.25) is 0 Å². The molecule has 2 N–H and O–H groups in total. The van der Waals surface area contributed by atoms with Gasteiger partial charge in [0.1, 0.15) is 6.04 Å². The number of hydrogen-bond acceptors (Lipinski definition) is 4. The van der Waals surface area contributed by atoms with E-state index < -0.39 is 18.1 Å². The van der Waals surface area contributed by atoms with Crippen molar-refractivity contribution in [3.8, 4) is 0 Å². The molecule has 0 bridgehead atoms. The summed E-state index contributed by atoms with van der Waals surface area (Å²) < 4.78 is 2.02. The van der Waals surface area contributed by atoms with Crippen molar-refractivity contribution in [3.63, 3.8) is 0 Å². The molecular weight excluding hydrogens is 234 g/mol. The number of carbonyl (C=O) groups is 1. The maximum absolute atomic E-state index is 11.1. The fraction of sp³-hybridized carbons (Fsp3) is 0.667. The Morgan fingerprint density at radius 3 is 2.94 bits per heavy atom. The SMILES string of the molecule is CC(C)n1cncc1CN1CC(O)CC1C(=O)O. The summed E-state index contributed by atoms with van der Waals surface area (Å²) in [5.74, 6) is -0.873. The molecule has 0 aromatic carbocycles. The van der Waals surface area contributed by atoms with E-state index in [1.807, 2.05) is 4.57 Å². The normalized spacial score (nSPS) is 24.9. The van der Waals surface area contributed by atoms with Gasteiger partial charge in [0.15, 0.2) is 0 Å². The van der Waals surface area contributed by atoms with E-state index in [-0.39, 0.29) is 0 Å². The first-order valence-electron chi connectivity index (χ1n) is 6.14. The lowest BCUT2D eigenvalue weighted by molar-refractivity contribution is -0.142. The Morgan fingerprint density at radius 1 is 1.61 bits per heavy atom. The summed E-state index contributed by atoms with van der Waals surface area (Å²) in [6.07, 6.45) is 3.25. The van der Waals surface area contributed by atoms with Gasteiger partial charge in [-0.25, -0.2) is 4.98 Å². The predicted octanol–water partition coefficient (Wildman–Crippen LogP) is 0.484. The quantitative estimate of drug-likeness (QED) is 0.816. The Labute approximate surface area is 106 Å². The van der Waals surface area contributed by atoms with Crippen LogP contribution in [0, 0.1) is 0 Å². The minimum Gasteiger partial charge on any atom is -0.480 e. The second-order valence-electron chi connectivity index (χ2n) is 5.06. The third kappa shape index (κ3) is 2.54. The topological polar surface area (TPSA) is 78.6 Å². The van der Waals surface area contributed by atoms with Crippen molar-refractivity contribution in [2.45, 2.75) is 45.0 Å². The maximum Gasteiger partial charge on any atom is 0.321 e. The van der Waals surface area contributed by atoms with Gasteiger partial charge in [-0.1, -0.05) is 0 Å². The van der Waals surface area contributed by atoms with Crippen LogP contribution in [0.4, 0.5) is 0 Å². The number of aromatic nitrogens is 2. The van der Waals surface area contributed by atoms with Crippen molar-refractivity contribution < 1.29 is 15.0 Å². The zero-order valence-electron chi connectivity index (χ0n) is 10.7. The molecule has 0 saturated carbocycles. The van der Waals surface area contributed by atoms with E-state index in [2.05, 4.69) is 18.8 Å². The van der Waals surface area contributed by atoms with Gasteiger partial charge in [-0.3, -0.25) is 9.69 Å². The average Bonchev–Trinajstić information content (AvgIpc) is 2.85. The molecule has 6 nitrogen and oxygen atoms in total. The van der Waals surface area contributed by atoms with Crippen LogP contribution in [-0.4, -0.2) is 49.3 Å². The lowest BCUT2D eigenvalue weighted by Gasteiger charge is -2.22. The van der Waals surface area contributed by atoms with Crippen LogP contribution >= 0.6 is 0 Å². The number of rotatable bonds is 4. The Hall–Kier alpha value is -1.40.